The minimum absolute atomic E-state index is 0.0720. The number of imidazole rings is 1. The molecule has 9 nitrogen and oxygen atoms in total. The van der Waals surface area contributed by atoms with Crippen molar-refractivity contribution in [1.29, 1.82) is 10.5 Å². The van der Waals surface area contributed by atoms with E-state index in [9.17, 15) is 10.5 Å². The first kappa shape index (κ1) is 19.1. The van der Waals surface area contributed by atoms with Crippen molar-refractivity contribution in [3.63, 3.8) is 0 Å². The number of methoxy groups -OCH3 is 1. The fourth-order valence-electron chi connectivity index (χ4n) is 3.90. The highest BCUT2D eigenvalue weighted by atomic mass is 16.5. The predicted molar refractivity (Wildman–Crippen MR) is 119 cm³/mol. The normalized spacial score (nSPS) is 10.9. The van der Waals surface area contributed by atoms with Gasteiger partial charge in [0, 0.05) is 7.05 Å². The summed E-state index contributed by atoms with van der Waals surface area (Å²) in [7, 11) is 3.45. The van der Waals surface area contributed by atoms with Gasteiger partial charge < -0.3 is 15.0 Å². The average Bonchev–Trinajstić information content (AvgIpc) is 3.30. The van der Waals surface area contributed by atoms with E-state index in [-0.39, 0.29) is 11.4 Å². The standard InChI is InChI=1S/C23H16N8O/c1-30-16-8-4-3-7-13(16)28-22(30)19-20-23(29-15(12-25)14(11-24)27-20)31(21(19)26)17-9-5-6-10-18(17)32-2/h3-10H,26H2,1-2H3. The van der Waals surface area contributed by atoms with Crippen LogP contribution >= 0.6 is 0 Å². The molecule has 0 fully saturated rings. The third-order valence-electron chi connectivity index (χ3n) is 5.37. The van der Waals surface area contributed by atoms with Gasteiger partial charge in [-0.1, -0.05) is 24.3 Å². The van der Waals surface area contributed by atoms with Gasteiger partial charge in [-0.2, -0.15) is 10.5 Å². The number of nitriles is 2. The van der Waals surface area contributed by atoms with Gasteiger partial charge in [-0.05, 0) is 24.3 Å². The van der Waals surface area contributed by atoms with Crippen LogP contribution in [0, 0.1) is 22.7 Å². The van der Waals surface area contributed by atoms with Gasteiger partial charge >= 0.3 is 0 Å². The molecule has 0 radical (unpaired) electrons. The van der Waals surface area contributed by atoms with Gasteiger partial charge in [0.2, 0.25) is 0 Å². The lowest BCUT2D eigenvalue weighted by molar-refractivity contribution is 0.413. The zero-order valence-electron chi connectivity index (χ0n) is 17.2. The van der Waals surface area contributed by atoms with Crippen LogP contribution in [0.15, 0.2) is 48.5 Å². The van der Waals surface area contributed by atoms with Crippen LogP contribution in [0.1, 0.15) is 11.4 Å². The van der Waals surface area contributed by atoms with Gasteiger partial charge in [-0.25, -0.2) is 15.0 Å². The maximum absolute atomic E-state index is 9.53. The molecule has 3 heterocycles. The molecule has 0 aliphatic carbocycles. The number of para-hydroxylation sites is 4. The molecule has 0 saturated heterocycles. The summed E-state index contributed by atoms with van der Waals surface area (Å²) >= 11 is 0. The highest BCUT2D eigenvalue weighted by Crippen LogP contribution is 2.39. The van der Waals surface area contributed by atoms with Crippen LogP contribution < -0.4 is 10.5 Å². The maximum atomic E-state index is 9.53. The monoisotopic (exact) mass is 420 g/mol. The first-order valence-corrected chi connectivity index (χ1v) is 9.66. The number of aromatic nitrogens is 5. The zero-order chi connectivity index (χ0) is 22.4. The summed E-state index contributed by atoms with van der Waals surface area (Å²) in [5, 5.41) is 19.1. The van der Waals surface area contributed by atoms with Gasteiger partial charge in [-0.15, -0.1) is 0 Å². The number of rotatable bonds is 3. The quantitative estimate of drug-likeness (QED) is 0.473. The summed E-state index contributed by atoms with van der Waals surface area (Å²) < 4.78 is 9.12. The SMILES string of the molecule is COc1ccccc1-n1c(N)c(-c2nc3ccccc3n2C)c2nc(C#N)c(C#N)nc21. The van der Waals surface area contributed by atoms with Crippen LogP contribution in [-0.2, 0) is 7.05 Å². The van der Waals surface area contributed by atoms with Crippen molar-refractivity contribution >= 4 is 28.0 Å². The molecule has 0 atom stereocenters. The van der Waals surface area contributed by atoms with Crippen LogP contribution in [0.2, 0.25) is 0 Å². The summed E-state index contributed by atoms with van der Waals surface area (Å²) in [5.41, 5.74) is 10.1. The predicted octanol–water partition coefficient (Wildman–Crippen LogP) is 3.31. The molecule has 0 spiro atoms. The lowest BCUT2D eigenvalue weighted by Gasteiger charge is -2.12. The van der Waals surface area contributed by atoms with Crippen molar-refractivity contribution in [2.24, 2.45) is 7.05 Å². The molecular weight excluding hydrogens is 404 g/mol. The zero-order valence-corrected chi connectivity index (χ0v) is 17.2. The Morgan fingerprint density at radius 2 is 1.62 bits per heavy atom. The Morgan fingerprint density at radius 3 is 2.34 bits per heavy atom. The summed E-state index contributed by atoms with van der Waals surface area (Å²) in [4.78, 5) is 13.7. The number of nitrogen functional groups attached to an aromatic ring is 1. The highest BCUT2D eigenvalue weighted by Gasteiger charge is 2.27. The van der Waals surface area contributed by atoms with Crippen molar-refractivity contribution < 1.29 is 4.74 Å². The Morgan fingerprint density at radius 1 is 0.938 bits per heavy atom. The number of nitrogens with zero attached hydrogens (tertiary/aromatic N) is 7. The number of ether oxygens (including phenoxy) is 1. The number of benzene rings is 2. The second-order valence-corrected chi connectivity index (χ2v) is 7.07. The van der Waals surface area contributed by atoms with E-state index in [1.165, 1.54) is 0 Å². The Bertz CT molecular complexity index is 1610. The topological polar surface area (TPSA) is 131 Å². The second kappa shape index (κ2) is 7.11. The lowest BCUT2D eigenvalue weighted by atomic mass is 10.2. The Hall–Kier alpha value is -4.89. The summed E-state index contributed by atoms with van der Waals surface area (Å²) in [6.45, 7) is 0. The Balaban J connectivity index is 1.96. The van der Waals surface area contributed by atoms with Crippen LogP contribution in [0.4, 0.5) is 5.82 Å². The number of hydrogen-bond donors (Lipinski definition) is 1. The molecule has 0 aliphatic heterocycles. The smallest absolute Gasteiger partial charge is 0.179 e. The third kappa shape index (κ3) is 2.59. The molecule has 154 valence electrons. The van der Waals surface area contributed by atoms with Gasteiger partial charge in [0.15, 0.2) is 17.0 Å². The summed E-state index contributed by atoms with van der Waals surface area (Å²) in [5.74, 6) is 1.46. The molecule has 0 unspecified atom stereocenters. The van der Waals surface area contributed by atoms with E-state index in [2.05, 4.69) is 9.97 Å². The number of aryl methyl sites for hydroxylation is 1. The number of anilines is 1. The molecule has 3 aromatic heterocycles. The van der Waals surface area contributed by atoms with E-state index >= 15 is 0 Å². The van der Waals surface area contributed by atoms with Crippen molar-refractivity contribution in [1.82, 2.24) is 24.1 Å². The molecule has 5 rings (SSSR count). The van der Waals surface area contributed by atoms with E-state index in [4.69, 9.17) is 15.5 Å². The van der Waals surface area contributed by atoms with Crippen molar-refractivity contribution in [2.75, 3.05) is 12.8 Å². The molecule has 0 bridgehead atoms. The molecule has 5 aromatic rings. The van der Waals surface area contributed by atoms with Crippen molar-refractivity contribution in [2.45, 2.75) is 0 Å². The first-order valence-electron chi connectivity index (χ1n) is 9.66. The fourth-order valence-corrected chi connectivity index (χ4v) is 3.90. The van der Waals surface area contributed by atoms with Crippen LogP contribution in [-0.4, -0.2) is 31.2 Å². The van der Waals surface area contributed by atoms with Gasteiger partial charge in [0.05, 0.1) is 29.4 Å². The van der Waals surface area contributed by atoms with Crippen molar-refractivity contribution in [3.8, 4) is 35.0 Å². The number of hydrogen-bond acceptors (Lipinski definition) is 7. The molecule has 0 saturated carbocycles. The molecular formula is C23H16N8O. The minimum Gasteiger partial charge on any atom is -0.495 e. The Labute approximate surface area is 182 Å². The third-order valence-corrected chi connectivity index (χ3v) is 5.37. The summed E-state index contributed by atoms with van der Waals surface area (Å²) in [6, 6.07) is 18.9. The van der Waals surface area contributed by atoms with Crippen LogP contribution in [0.3, 0.4) is 0 Å². The van der Waals surface area contributed by atoms with Crippen LogP contribution in [0.25, 0.3) is 39.3 Å². The van der Waals surface area contributed by atoms with E-state index in [0.717, 1.165) is 11.0 Å². The number of fused-ring (bicyclic) bond motifs is 2. The first-order chi connectivity index (χ1) is 15.6. The van der Waals surface area contributed by atoms with Gasteiger partial charge in [0.25, 0.3) is 0 Å². The highest BCUT2D eigenvalue weighted by molar-refractivity contribution is 6.00. The molecule has 2 N–H and O–H groups in total. The molecule has 0 aliphatic rings. The molecule has 0 amide bonds. The average molecular weight is 420 g/mol. The largest absolute Gasteiger partial charge is 0.495 e. The summed E-state index contributed by atoms with van der Waals surface area (Å²) in [6.07, 6.45) is 0. The molecule has 9 heteroatoms. The van der Waals surface area contributed by atoms with E-state index < -0.39 is 0 Å². The molecule has 32 heavy (non-hydrogen) atoms. The fraction of sp³-hybridized carbons (Fsp3) is 0.0870. The van der Waals surface area contributed by atoms with Gasteiger partial charge in [0.1, 0.15) is 35.0 Å². The van der Waals surface area contributed by atoms with E-state index in [0.29, 0.717) is 39.8 Å². The Kier molecular flexibility index (Phi) is 4.24. The second-order valence-electron chi connectivity index (χ2n) is 7.07. The van der Waals surface area contributed by atoms with Crippen LogP contribution in [0.5, 0.6) is 5.75 Å². The lowest BCUT2D eigenvalue weighted by Crippen LogP contribution is -2.05. The maximum Gasteiger partial charge on any atom is 0.179 e. The van der Waals surface area contributed by atoms with E-state index in [1.807, 2.05) is 66.2 Å². The van der Waals surface area contributed by atoms with Crippen molar-refractivity contribution in [3.05, 3.63) is 59.9 Å². The number of nitrogens with two attached hydrogens (primary N) is 1. The minimum atomic E-state index is -0.0785. The van der Waals surface area contributed by atoms with Gasteiger partial charge in [-0.3, -0.25) is 4.57 Å². The van der Waals surface area contributed by atoms with E-state index in [1.54, 1.807) is 17.7 Å². The molecule has 2 aromatic carbocycles.